The molecule has 0 fully saturated rings. The van der Waals surface area contributed by atoms with Crippen molar-refractivity contribution in [1.29, 1.82) is 0 Å². The third-order valence-corrected chi connectivity index (χ3v) is 8.95. The van der Waals surface area contributed by atoms with Gasteiger partial charge in [-0.25, -0.2) is 29.3 Å². The quantitative estimate of drug-likeness (QED) is 0.0558. The average molecular weight is 790 g/mol. The Balaban J connectivity index is 1.79. The minimum atomic E-state index is -0.885. The first-order valence-corrected chi connectivity index (χ1v) is 19.0. The number of aromatic nitrogens is 3. The molecule has 4 rings (SSSR count). The van der Waals surface area contributed by atoms with E-state index in [-0.39, 0.29) is 68.7 Å². The van der Waals surface area contributed by atoms with Crippen LogP contribution in [0.25, 0.3) is 34.2 Å². The van der Waals surface area contributed by atoms with Gasteiger partial charge in [-0.3, -0.25) is 0 Å². The van der Waals surface area contributed by atoms with Crippen molar-refractivity contribution in [3.05, 3.63) is 54.6 Å². The monoisotopic (exact) mass is 789 g/mol. The van der Waals surface area contributed by atoms with Gasteiger partial charge in [0.05, 0.1) is 38.0 Å². The van der Waals surface area contributed by atoms with Crippen molar-refractivity contribution in [3.63, 3.8) is 0 Å². The van der Waals surface area contributed by atoms with Crippen LogP contribution in [0.1, 0.15) is 78.6 Å². The molecule has 0 spiro atoms. The number of phenols is 3. The zero-order valence-corrected chi connectivity index (χ0v) is 33.1. The van der Waals surface area contributed by atoms with Crippen LogP contribution in [0.5, 0.6) is 34.5 Å². The highest BCUT2D eigenvalue weighted by Gasteiger charge is 2.25. The van der Waals surface area contributed by atoms with Crippen molar-refractivity contribution in [1.82, 2.24) is 15.0 Å². The van der Waals surface area contributed by atoms with Crippen molar-refractivity contribution in [3.8, 4) is 68.7 Å². The molecule has 1 heterocycles. The maximum Gasteiger partial charge on any atom is 0.347 e. The highest BCUT2D eigenvalue weighted by molar-refractivity contribution is 5.78. The lowest BCUT2D eigenvalue weighted by Gasteiger charge is -2.18. The van der Waals surface area contributed by atoms with Crippen molar-refractivity contribution in [2.45, 2.75) is 96.9 Å². The van der Waals surface area contributed by atoms with Gasteiger partial charge in [0.25, 0.3) is 0 Å². The first-order chi connectivity index (χ1) is 27.5. The number of esters is 3. The van der Waals surface area contributed by atoms with E-state index in [1.807, 2.05) is 20.8 Å². The molecule has 306 valence electrons. The van der Waals surface area contributed by atoms with Gasteiger partial charge < -0.3 is 43.7 Å². The van der Waals surface area contributed by atoms with Gasteiger partial charge in [0, 0.05) is 18.2 Å². The number of methoxy groups -OCH3 is 3. The predicted octanol–water partition coefficient (Wildman–Crippen LogP) is 7.32. The number of ether oxygens (including phenoxy) is 6. The molecule has 57 heavy (non-hydrogen) atoms. The van der Waals surface area contributed by atoms with Crippen LogP contribution in [0, 0.1) is 0 Å². The molecule has 3 unspecified atom stereocenters. The average Bonchev–Trinajstić information content (AvgIpc) is 3.21. The first-order valence-electron chi connectivity index (χ1n) is 19.0. The van der Waals surface area contributed by atoms with E-state index in [9.17, 15) is 29.7 Å². The molecule has 0 aliphatic rings. The number of hydrogen-bond acceptors (Lipinski definition) is 15. The minimum absolute atomic E-state index is 0.0374. The van der Waals surface area contributed by atoms with Gasteiger partial charge >= 0.3 is 17.9 Å². The Morgan fingerprint density at radius 3 is 0.965 bits per heavy atom. The molecule has 3 N–H and O–H groups in total. The highest BCUT2D eigenvalue weighted by Crippen LogP contribution is 2.38. The van der Waals surface area contributed by atoms with E-state index in [2.05, 4.69) is 15.0 Å². The van der Waals surface area contributed by atoms with Crippen molar-refractivity contribution in [2.24, 2.45) is 0 Å². The second-order valence-electron chi connectivity index (χ2n) is 13.2. The number of benzene rings is 3. The van der Waals surface area contributed by atoms with Crippen LogP contribution in [-0.2, 0) is 28.6 Å². The summed E-state index contributed by atoms with van der Waals surface area (Å²) < 4.78 is 32.4. The first kappa shape index (κ1) is 43.6. The Bertz CT molecular complexity index is 1750. The third kappa shape index (κ3) is 11.7. The fraction of sp³-hybridized carbons (Fsp3) is 0.429. The summed E-state index contributed by atoms with van der Waals surface area (Å²) in [5.41, 5.74) is 0.425. The molecule has 0 radical (unpaired) electrons. The van der Waals surface area contributed by atoms with Crippen LogP contribution in [0.4, 0.5) is 0 Å². The zero-order valence-electron chi connectivity index (χ0n) is 33.1. The van der Waals surface area contributed by atoms with Gasteiger partial charge in [0.1, 0.15) is 34.5 Å². The van der Waals surface area contributed by atoms with E-state index in [1.165, 1.54) is 57.7 Å². The molecule has 0 aliphatic heterocycles. The Kier molecular flexibility index (Phi) is 16.3. The van der Waals surface area contributed by atoms with Crippen LogP contribution in [0.15, 0.2) is 54.6 Å². The largest absolute Gasteiger partial charge is 0.507 e. The fourth-order valence-corrected chi connectivity index (χ4v) is 5.79. The zero-order chi connectivity index (χ0) is 41.5. The molecule has 0 aliphatic carbocycles. The smallest absolute Gasteiger partial charge is 0.347 e. The summed E-state index contributed by atoms with van der Waals surface area (Å²) in [6, 6.07) is 13.1. The maximum atomic E-state index is 12.4. The van der Waals surface area contributed by atoms with Gasteiger partial charge in [0.15, 0.2) is 35.8 Å². The van der Waals surface area contributed by atoms with Crippen molar-refractivity contribution in [2.75, 3.05) is 21.3 Å². The normalized spacial score (nSPS) is 12.5. The molecule has 0 saturated heterocycles. The Labute approximate surface area is 331 Å². The molecule has 15 nitrogen and oxygen atoms in total. The van der Waals surface area contributed by atoms with E-state index in [0.29, 0.717) is 19.3 Å². The van der Waals surface area contributed by atoms with E-state index in [0.717, 1.165) is 38.5 Å². The van der Waals surface area contributed by atoms with Gasteiger partial charge in [-0.2, -0.15) is 0 Å². The van der Waals surface area contributed by atoms with Gasteiger partial charge in [0.2, 0.25) is 0 Å². The number of carbonyl (C=O) groups is 3. The van der Waals surface area contributed by atoms with Crippen LogP contribution >= 0.6 is 0 Å². The summed E-state index contributed by atoms with van der Waals surface area (Å²) in [6.07, 6.45) is 3.24. The van der Waals surface area contributed by atoms with E-state index in [1.54, 1.807) is 18.2 Å². The van der Waals surface area contributed by atoms with Gasteiger partial charge in [-0.15, -0.1) is 0 Å². The summed E-state index contributed by atoms with van der Waals surface area (Å²) >= 11 is 0. The molecule has 1 aromatic heterocycles. The van der Waals surface area contributed by atoms with E-state index in [4.69, 9.17) is 28.4 Å². The minimum Gasteiger partial charge on any atom is -0.507 e. The molecule has 3 atom stereocenters. The third-order valence-electron chi connectivity index (χ3n) is 8.95. The standard InChI is InChI=1S/C42H51N3O12/c1-7-10-13-34(40(49)52-4)55-25-16-19-28(31(46)22-25)37-43-38(29-20-17-26(23-32(29)47)56-35(14-11-8-2)41(50)53-5)45-39(44-37)30-21-18-27(24-33(30)48)57-36(15-12-9-3)42(51)54-6/h16-24,34-36,46-48H,7-15H2,1-6H3. The second kappa shape index (κ2) is 21.3. The van der Waals surface area contributed by atoms with E-state index < -0.39 is 36.2 Å². The van der Waals surface area contributed by atoms with Crippen molar-refractivity contribution < 1.29 is 58.1 Å². The number of carbonyl (C=O) groups excluding carboxylic acids is 3. The molecule has 0 saturated carbocycles. The molecule has 4 aromatic rings. The molecule has 15 heteroatoms. The predicted molar refractivity (Wildman–Crippen MR) is 209 cm³/mol. The van der Waals surface area contributed by atoms with Crippen LogP contribution in [0.2, 0.25) is 0 Å². The lowest BCUT2D eigenvalue weighted by Crippen LogP contribution is -2.28. The molecular formula is C42H51N3O12. The molecule has 3 aromatic carbocycles. The number of hydrogen-bond donors (Lipinski definition) is 3. The maximum absolute atomic E-state index is 12.4. The van der Waals surface area contributed by atoms with Gasteiger partial charge in [-0.05, 0) is 74.9 Å². The van der Waals surface area contributed by atoms with E-state index >= 15 is 0 Å². The van der Waals surface area contributed by atoms with Crippen LogP contribution < -0.4 is 14.2 Å². The SMILES string of the molecule is CCCCC(Oc1ccc(-c2nc(-c3ccc(OC(CCCC)C(=O)OC)cc3O)nc(-c3ccc(OC(CCCC)C(=O)OC)cc3O)n2)c(O)c1)C(=O)OC. The summed E-state index contributed by atoms with van der Waals surface area (Å²) in [7, 11) is 3.83. The molecule has 0 bridgehead atoms. The summed E-state index contributed by atoms with van der Waals surface area (Å²) in [5, 5.41) is 33.8. The lowest BCUT2D eigenvalue weighted by atomic mass is 10.1. The summed E-state index contributed by atoms with van der Waals surface area (Å²) in [4.78, 5) is 50.9. The summed E-state index contributed by atoms with van der Waals surface area (Å²) in [6.45, 7) is 5.96. The molecular weight excluding hydrogens is 738 g/mol. The Morgan fingerprint density at radius 1 is 0.491 bits per heavy atom. The number of nitrogens with zero attached hydrogens (tertiary/aromatic N) is 3. The van der Waals surface area contributed by atoms with Crippen LogP contribution in [0.3, 0.4) is 0 Å². The van der Waals surface area contributed by atoms with Gasteiger partial charge in [-0.1, -0.05) is 40.0 Å². The Hall–Kier alpha value is -6.12. The topological polar surface area (TPSA) is 206 Å². The number of aromatic hydroxyl groups is 3. The highest BCUT2D eigenvalue weighted by atomic mass is 16.6. The second-order valence-corrected chi connectivity index (χ2v) is 13.2. The Morgan fingerprint density at radius 2 is 0.754 bits per heavy atom. The van der Waals surface area contributed by atoms with Crippen molar-refractivity contribution >= 4 is 17.9 Å². The fourth-order valence-electron chi connectivity index (χ4n) is 5.79. The lowest BCUT2D eigenvalue weighted by molar-refractivity contribution is -0.149. The number of unbranched alkanes of at least 4 members (excludes halogenated alkanes) is 3. The number of phenolic OH excluding ortho intramolecular Hbond substituents is 3. The summed E-state index contributed by atoms with van der Waals surface area (Å²) in [5.74, 6) is -2.03. The molecule has 0 amide bonds. The van der Waals surface area contributed by atoms with Crippen LogP contribution in [-0.4, -0.2) is 87.8 Å². The number of rotatable bonds is 21.